The van der Waals surface area contributed by atoms with Crippen molar-refractivity contribution < 1.29 is 9.53 Å². The van der Waals surface area contributed by atoms with Crippen molar-refractivity contribution in [3.05, 3.63) is 18.0 Å². The molecule has 0 atom stereocenters. The lowest BCUT2D eigenvalue weighted by atomic mass is 9.81. The largest absolute Gasteiger partial charge is 0.467 e. The topological polar surface area (TPSA) is 64.1 Å². The second kappa shape index (κ2) is 4.92. The fourth-order valence-electron chi connectivity index (χ4n) is 1.94. The molecule has 0 bridgehead atoms. The molecule has 1 heterocycles. The van der Waals surface area contributed by atoms with Crippen LogP contribution in [0.15, 0.2) is 12.4 Å². The second-order valence-corrected chi connectivity index (χ2v) is 5.21. The Balaban J connectivity index is 2.03. The van der Waals surface area contributed by atoms with Crippen molar-refractivity contribution in [3.8, 4) is 0 Å². The minimum atomic E-state index is -0.827. The zero-order valence-corrected chi connectivity index (χ0v) is 11.1. The van der Waals surface area contributed by atoms with Crippen LogP contribution >= 0.6 is 0 Å². The van der Waals surface area contributed by atoms with Gasteiger partial charge in [-0.15, -0.1) is 0 Å². The number of nitrogens with one attached hydrogen (secondary N) is 1. The molecule has 2 rings (SSSR count). The van der Waals surface area contributed by atoms with Crippen molar-refractivity contribution in [3.63, 3.8) is 0 Å². The van der Waals surface area contributed by atoms with Gasteiger partial charge in [-0.25, -0.2) is 14.8 Å². The molecule has 98 valence electrons. The maximum absolute atomic E-state index is 11.5. The van der Waals surface area contributed by atoms with Crippen molar-refractivity contribution in [2.45, 2.75) is 44.6 Å². The summed E-state index contributed by atoms with van der Waals surface area (Å²) in [6.45, 7) is 3.48. The van der Waals surface area contributed by atoms with E-state index >= 15 is 0 Å². The summed E-state index contributed by atoms with van der Waals surface area (Å²) < 4.78 is 4.72. The van der Waals surface area contributed by atoms with Gasteiger partial charge in [-0.1, -0.05) is 6.42 Å². The summed E-state index contributed by atoms with van der Waals surface area (Å²) in [6.07, 6.45) is 7.42. The smallest absolute Gasteiger partial charge is 0.330 e. The lowest BCUT2D eigenvalue weighted by Gasteiger charge is -2.26. The minimum Gasteiger partial charge on any atom is -0.467 e. The Morgan fingerprint density at radius 2 is 2.00 bits per heavy atom. The SMILES string of the molecule is COC(=O)C(C)(C)Nc1ncc(C2CCC2)cn1. The Morgan fingerprint density at radius 1 is 1.39 bits per heavy atom. The van der Waals surface area contributed by atoms with Crippen LogP contribution in [0.1, 0.15) is 44.6 Å². The molecule has 1 saturated carbocycles. The Kier molecular flexibility index (Phi) is 3.50. The van der Waals surface area contributed by atoms with Crippen molar-refractivity contribution >= 4 is 11.9 Å². The predicted molar refractivity (Wildman–Crippen MR) is 68.3 cm³/mol. The monoisotopic (exact) mass is 249 g/mol. The summed E-state index contributed by atoms with van der Waals surface area (Å²) in [6, 6.07) is 0. The Morgan fingerprint density at radius 3 is 2.44 bits per heavy atom. The van der Waals surface area contributed by atoms with E-state index in [2.05, 4.69) is 15.3 Å². The number of hydrogen-bond acceptors (Lipinski definition) is 5. The van der Waals surface area contributed by atoms with Gasteiger partial charge >= 0.3 is 5.97 Å². The van der Waals surface area contributed by atoms with E-state index in [0.29, 0.717) is 11.9 Å². The van der Waals surface area contributed by atoms with Gasteiger partial charge in [-0.05, 0) is 38.2 Å². The van der Waals surface area contributed by atoms with Crippen LogP contribution < -0.4 is 5.32 Å². The molecule has 1 aliphatic rings. The van der Waals surface area contributed by atoms with Crippen molar-refractivity contribution in [1.82, 2.24) is 9.97 Å². The van der Waals surface area contributed by atoms with Crippen LogP contribution in [0.3, 0.4) is 0 Å². The maximum Gasteiger partial charge on any atom is 0.330 e. The lowest BCUT2D eigenvalue weighted by molar-refractivity contribution is -0.144. The molecule has 1 fully saturated rings. The Bertz CT molecular complexity index is 424. The zero-order chi connectivity index (χ0) is 13.2. The van der Waals surface area contributed by atoms with Gasteiger partial charge in [0.2, 0.25) is 5.95 Å². The number of carbonyl (C=O) groups is 1. The van der Waals surface area contributed by atoms with E-state index in [-0.39, 0.29) is 5.97 Å². The predicted octanol–water partition coefficient (Wildman–Crippen LogP) is 2.11. The average Bonchev–Trinajstić information content (AvgIpc) is 2.28. The number of nitrogens with zero attached hydrogens (tertiary/aromatic N) is 2. The van der Waals surface area contributed by atoms with E-state index in [0.717, 1.165) is 0 Å². The van der Waals surface area contributed by atoms with Gasteiger partial charge in [0.25, 0.3) is 0 Å². The van der Waals surface area contributed by atoms with Crippen LogP contribution in [0, 0.1) is 0 Å². The molecular weight excluding hydrogens is 230 g/mol. The summed E-state index contributed by atoms with van der Waals surface area (Å²) >= 11 is 0. The molecule has 0 unspecified atom stereocenters. The molecule has 1 aliphatic carbocycles. The summed E-state index contributed by atoms with van der Waals surface area (Å²) in [5, 5.41) is 2.97. The van der Waals surface area contributed by atoms with Crippen LogP contribution in [-0.4, -0.2) is 28.6 Å². The number of carbonyl (C=O) groups excluding carboxylic acids is 1. The molecule has 0 spiro atoms. The van der Waals surface area contributed by atoms with E-state index in [1.165, 1.54) is 31.9 Å². The number of esters is 1. The number of rotatable bonds is 4. The minimum absolute atomic E-state index is 0.339. The molecule has 0 amide bonds. The molecule has 5 heteroatoms. The van der Waals surface area contributed by atoms with E-state index in [1.54, 1.807) is 13.8 Å². The third-order valence-corrected chi connectivity index (χ3v) is 3.37. The highest BCUT2D eigenvalue weighted by molar-refractivity contribution is 5.82. The first kappa shape index (κ1) is 12.8. The van der Waals surface area contributed by atoms with E-state index < -0.39 is 5.54 Å². The molecular formula is C13H19N3O2. The quantitative estimate of drug-likeness (QED) is 0.828. The van der Waals surface area contributed by atoms with Crippen LogP contribution in [0.2, 0.25) is 0 Å². The third-order valence-electron chi connectivity index (χ3n) is 3.37. The third kappa shape index (κ3) is 2.60. The van der Waals surface area contributed by atoms with Gasteiger partial charge in [-0.2, -0.15) is 0 Å². The number of anilines is 1. The average molecular weight is 249 g/mol. The van der Waals surface area contributed by atoms with Crippen LogP contribution in [0.5, 0.6) is 0 Å². The summed E-state index contributed by atoms with van der Waals surface area (Å²) in [5.74, 6) is 0.732. The van der Waals surface area contributed by atoms with Crippen LogP contribution in [-0.2, 0) is 9.53 Å². The molecule has 5 nitrogen and oxygen atoms in total. The van der Waals surface area contributed by atoms with Crippen LogP contribution in [0.25, 0.3) is 0 Å². The molecule has 0 saturated heterocycles. The molecule has 0 aromatic carbocycles. The van der Waals surface area contributed by atoms with Gasteiger partial charge in [0.15, 0.2) is 0 Å². The molecule has 1 N–H and O–H groups in total. The van der Waals surface area contributed by atoms with Crippen molar-refractivity contribution in [1.29, 1.82) is 0 Å². The lowest BCUT2D eigenvalue weighted by Crippen LogP contribution is -2.41. The highest BCUT2D eigenvalue weighted by Gasteiger charge is 2.29. The van der Waals surface area contributed by atoms with Gasteiger partial charge in [0.05, 0.1) is 7.11 Å². The molecule has 0 aliphatic heterocycles. The second-order valence-electron chi connectivity index (χ2n) is 5.21. The highest BCUT2D eigenvalue weighted by Crippen LogP contribution is 2.35. The molecule has 18 heavy (non-hydrogen) atoms. The van der Waals surface area contributed by atoms with Crippen molar-refractivity contribution in [2.24, 2.45) is 0 Å². The first-order chi connectivity index (χ1) is 8.53. The van der Waals surface area contributed by atoms with Crippen LogP contribution in [0.4, 0.5) is 5.95 Å². The number of ether oxygens (including phenoxy) is 1. The van der Waals surface area contributed by atoms with Gasteiger partial charge in [0.1, 0.15) is 5.54 Å². The Hall–Kier alpha value is -1.65. The summed E-state index contributed by atoms with van der Waals surface area (Å²) in [7, 11) is 1.37. The fraction of sp³-hybridized carbons (Fsp3) is 0.615. The number of aromatic nitrogens is 2. The fourth-order valence-corrected chi connectivity index (χ4v) is 1.94. The normalized spacial score (nSPS) is 15.9. The standard InChI is InChI=1S/C13H19N3O2/c1-13(2,11(17)18-3)16-12-14-7-10(8-15-12)9-5-4-6-9/h7-9H,4-6H2,1-3H3,(H,14,15,16). The van der Waals surface area contributed by atoms with Gasteiger partial charge in [-0.3, -0.25) is 0 Å². The van der Waals surface area contributed by atoms with Crippen molar-refractivity contribution in [2.75, 3.05) is 12.4 Å². The Labute approximate surface area is 107 Å². The number of methoxy groups -OCH3 is 1. The van der Waals surface area contributed by atoms with E-state index in [4.69, 9.17) is 4.74 Å². The van der Waals surface area contributed by atoms with Gasteiger partial charge in [0, 0.05) is 12.4 Å². The number of hydrogen-bond donors (Lipinski definition) is 1. The first-order valence-electron chi connectivity index (χ1n) is 6.21. The van der Waals surface area contributed by atoms with E-state index in [9.17, 15) is 4.79 Å². The van der Waals surface area contributed by atoms with E-state index in [1.807, 2.05) is 12.4 Å². The highest BCUT2D eigenvalue weighted by atomic mass is 16.5. The molecule has 0 radical (unpaired) electrons. The molecule has 1 aromatic rings. The summed E-state index contributed by atoms with van der Waals surface area (Å²) in [4.78, 5) is 20.0. The summed E-state index contributed by atoms with van der Waals surface area (Å²) in [5.41, 5.74) is 0.356. The first-order valence-corrected chi connectivity index (χ1v) is 6.21. The maximum atomic E-state index is 11.5. The zero-order valence-electron chi connectivity index (χ0n) is 11.1. The van der Waals surface area contributed by atoms with Gasteiger partial charge < -0.3 is 10.1 Å². The molecule has 1 aromatic heterocycles.